The summed E-state index contributed by atoms with van der Waals surface area (Å²) in [6.45, 7) is 0. The molecule has 2 N–H and O–H groups in total. The van der Waals surface area contributed by atoms with Crippen molar-refractivity contribution in [3.8, 4) is 6.07 Å². The Labute approximate surface area is 146 Å². The van der Waals surface area contributed by atoms with Crippen molar-refractivity contribution in [2.45, 2.75) is 19.3 Å². The molecule has 5 heteroatoms. The molecule has 0 saturated heterocycles. The first-order valence-electron chi connectivity index (χ1n) is 8.09. The van der Waals surface area contributed by atoms with Gasteiger partial charge in [-0.25, -0.2) is 4.79 Å². The molecule has 0 unspecified atom stereocenters. The Balaban J connectivity index is 1.76. The van der Waals surface area contributed by atoms with Gasteiger partial charge in [-0.3, -0.25) is 10.1 Å². The number of carbonyl (C=O) groups is 2. The predicted octanol–water partition coefficient (Wildman–Crippen LogP) is 4.09. The van der Waals surface area contributed by atoms with Gasteiger partial charge in [-0.1, -0.05) is 36.4 Å². The topological polar surface area (TPSA) is 82.0 Å². The van der Waals surface area contributed by atoms with Gasteiger partial charge in [-0.2, -0.15) is 5.26 Å². The summed E-state index contributed by atoms with van der Waals surface area (Å²) in [5, 5.41) is 14.4. The fourth-order valence-electron chi connectivity index (χ4n) is 2.88. The number of carbonyl (C=O) groups excluding carboxylic acids is 2. The van der Waals surface area contributed by atoms with Crippen LogP contribution in [0.5, 0.6) is 0 Å². The monoisotopic (exact) mass is 331 g/mol. The molecule has 0 atom stereocenters. The van der Waals surface area contributed by atoms with Gasteiger partial charge < -0.3 is 5.32 Å². The zero-order valence-corrected chi connectivity index (χ0v) is 13.6. The predicted molar refractivity (Wildman–Crippen MR) is 95.9 cm³/mol. The number of amides is 3. The lowest BCUT2D eigenvalue weighted by Gasteiger charge is -2.12. The lowest BCUT2D eigenvalue weighted by Crippen LogP contribution is -2.34. The zero-order chi connectivity index (χ0) is 17.6. The van der Waals surface area contributed by atoms with Crippen LogP contribution in [0.1, 0.15) is 40.7 Å². The number of nitrogens with one attached hydrogen (secondary N) is 2. The molecule has 0 spiro atoms. The maximum Gasteiger partial charge on any atom is 0.326 e. The molecule has 0 saturated carbocycles. The summed E-state index contributed by atoms with van der Waals surface area (Å²) in [5.74, 6) is -0.494. The van der Waals surface area contributed by atoms with Gasteiger partial charge in [0.15, 0.2) is 0 Å². The molecule has 0 radical (unpaired) electrons. The first-order chi connectivity index (χ1) is 12.2. The molecule has 0 aliphatic heterocycles. The minimum Gasteiger partial charge on any atom is -0.306 e. The smallest absolute Gasteiger partial charge is 0.306 e. The van der Waals surface area contributed by atoms with E-state index in [9.17, 15) is 14.9 Å². The second kappa shape index (κ2) is 7.45. The molecule has 0 fully saturated rings. The van der Waals surface area contributed by atoms with E-state index in [1.54, 1.807) is 42.5 Å². The summed E-state index contributed by atoms with van der Waals surface area (Å²) < 4.78 is 0. The number of urea groups is 1. The van der Waals surface area contributed by atoms with E-state index < -0.39 is 11.9 Å². The van der Waals surface area contributed by atoms with Crippen LogP contribution < -0.4 is 10.6 Å². The lowest BCUT2D eigenvalue weighted by molar-refractivity contribution is 0.0967. The quantitative estimate of drug-likeness (QED) is 0.889. The van der Waals surface area contributed by atoms with E-state index in [2.05, 4.69) is 22.8 Å². The number of imide groups is 1. The van der Waals surface area contributed by atoms with Crippen molar-refractivity contribution in [1.82, 2.24) is 5.32 Å². The highest BCUT2D eigenvalue weighted by Gasteiger charge is 2.16. The van der Waals surface area contributed by atoms with Crippen LogP contribution in [0.4, 0.5) is 10.5 Å². The van der Waals surface area contributed by atoms with Crippen molar-refractivity contribution < 1.29 is 9.59 Å². The Hall–Kier alpha value is -3.39. The standard InChI is InChI=1S/C20H17N3O2/c21-13-17-16(14-7-4-5-8-14)11-6-12-18(17)22-20(25)23-19(24)15-9-2-1-3-10-15/h1-3,6-7,9-12H,4-5,8H2,(H2,22,23,24,25). The molecular formula is C20H17N3O2. The molecule has 3 amide bonds. The third kappa shape index (κ3) is 3.75. The average molecular weight is 331 g/mol. The van der Waals surface area contributed by atoms with Crippen LogP contribution in [-0.4, -0.2) is 11.9 Å². The second-order valence-corrected chi connectivity index (χ2v) is 5.74. The molecule has 0 heterocycles. The fourth-order valence-corrected chi connectivity index (χ4v) is 2.88. The van der Waals surface area contributed by atoms with Gasteiger partial charge in [0.25, 0.3) is 5.91 Å². The molecule has 2 aromatic carbocycles. The van der Waals surface area contributed by atoms with Crippen molar-refractivity contribution in [3.05, 3.63) is 71.3 Å². The molecular weight excluding hydrogens is 314 g/mol. The number of benzene rings is 2. The number of nitrogens with zero attached hydrogens (tertiary/aromatic N) is 1. The van der Waals surface area contributed by atoms with Gasteiger partial charge in [0.05, 0.1) is 11.3 Å². The van der Waals surface area contributed by atoms with Crippen LogP contribution in [-0.2, 0) is 0 Å². The average Bonchev–Trinajstić information content (AvgIpc) is 3.16. The molecule has 0 aromatic heterocycles. The van der Waals surface area contributed by atoms with E-state index in [4.69, 9.17) is 0 Å². The van der Waals surface area contributed by atoms with E-state index in [1.807, 2.05) is 6.07 Å². The van der Waals surface area contributed by atoms with Crippen LogP contribution in [0.25, 0.3) is 5.57 Å². The molecule has 5 nitrogen and oxygen atoms in total. The molecule has 25 heavy (non-hydrogen) atoms. The van der Waals surface area contributed by atoms with Crippen LogP contribution in [0.15, 0.2) is 54.6 Å². The van der Waals surface area contributed by atoms with Crippen molar-refractivity contribution in [2.24, 2.45) is 0 Å². The molecule has 1 aliphatic rings. The van der Waals surface area contributed by atoms with Gasteiger partial charge in [-0.15, -0.1) is 0 Å². The maximum absolute atomic E-state index is 12.1. The zero-order valence-electron chi connectivity index (χ0n) is 13.6. The van der Waals surface area contributed by atoms with Crippen LogP contribution in [0, 0.1) is 11.3 Å². The third-order valence-corrected chi connectivity index (χ3v) is 4.07. The highest BCUT2D eigenvalue weighted by atomic mass is 16.2. The number of hydrogen-bond donors (Lipinski definition) is 2. The normalized spacial score (nSPS) is 12.8. The maximum atomic E-state index is 12.1. The van der Waals surface area contributed by atoms with Gasteiger partial charge in [-0.05, 0) is 48.6 Å². The highest BCUT2D eigenvalue weighted by Crippen LogP contribution is 2.32. The van der Waals surface area contributed by atoms with E-state index >= 15 is 0 Å². The summed E-state index contributed by atoms with van der Waals surface area (Å²) in [6.07, 6.45) is 5.13. The van der Waals surface area contributed by atoms with E-state index in [0.717, 1.165) is 30.4 Å². The van der Waals surface area contributed by atoms with E-state index in [1.165, 1.54) is 0 Å². The van der Waals surface area contributed by atoms with Crippen molar-refractivity contribution in [3.63, 3.8) is 0 Å². The SMILES string of the molecule is N#Cc1c(NC(=O)NC(=O)c2ccccc2)cccc1C1=CCCC1. The van der Waals surface area contributed by atoms with Crippen molar-refractivity contribution >= 4 is 23.2 Å². The van der Waals surface area contributed by atoms with Gasteiger partial charge in [0.2, 0.25) is 0 Å². The molecule has 3 rings (SSSR count). The summed E-state index contributed by atoms with van der Waals surface area (Å²) in [7, 11) is 0. The summed E-state index contributed by atoms with van der Waals surface area (Å²) in [6, 6.07) is 15.3. The molecule has 1 aliphatic carbocycles. The number of rotatable bonds is 3. The molecule has 0 bridgehead atoms. The Bertz CT molecular complexity index is 880. The number of nitriles is 1. The van der Waals surface area contributed by atoms with E-state index in [0.29, 0.717) is 16.8 Å². The largest absolute Gasteiger partial charge is 0.326 e. The van der Waals surface area contributed by atoms with Crippen molar-refractivity contribution in [2.75, 3.05) is 5.32 Å². The van der Waals surface area contributed by atoms with Crippen LogP contribution in [0.2, 0.25) is 0 Å². The Morgan fingerprint density at radius 3 is 2.52 bits per heavy atom. The Morgan fingerprint density at radius 2 is 1.84 bits per heavy atom. The first kappa shape index (κ1) is 16.5. The van der Waals surface area contributed by atoms with Crippen LogP contribution >= 0.6 is 0 Å². The highest BCUT2D eigenvalue weighted by molar-refractivity contribution is 6.08. The van der Waals surface area contributed by atoms with Gasteiger partial charge >= 0.3 is 6.03 Å². The molecule has 2 aromatic rings. The van der Waals surface area contributed by atoms with Gasteiger partial charge in [0.1, 0.15) is 6.07 Å². The van der Waals surface area contributed by atoms with Crippen LogP contribution in [0.3, 0.4) is 0 Å². The number of anilines is 1. The van der Waals surface area contributed by atoms with E-state index in [-0.39, 0.29) is 0 Å². The Morgan fingerprint density at radius 1 is 1.04 bits per heavy atom. The minimum absolute atomic E-state index is 0.392. The fraction of sp³-hybridized carbons (Fsp3) is 0.150. The summed E-state index contributed by atoms with van der Waals surface area (Å²) in [4.78, 5) is 24.2. The van der Waals surface area contributed by atoms with Gasteiger partial charge in [0, 0.05) is 5.56 Å². The van der Waals surface area contributed by atoms with Crippen molar-refractivity contribution in [1.29, 1.82) is 5.26 Å². The number of hydrogen-bond acceptors (Lipinski definition) is 3. The lowest BCUT2D eigenvalue weighted by atomic mass is 9.98. The Kier molecular flexibility index (Phi) is 4.91. The summed E-state index contributed by atoms with van der Waals surface area (Å²) in [5.41, 5.74) is 3.17. The molecule has 124 valence electrons. The summed E-state index contributed by atoms with van der Waals surface area (Å²) >= 11 is 0. The first-order valence-corrected chi connectivity index (χ1v) is 8.09. The third-order valence-electron chi connectivity index (χ3n) is 4.07. The number of allylic oxidation sites excluding steroid dienone is 2. The minimum atomic E-state index is -0.664. The second-order valence-electron chi connectivity index (χ2n) is 5.74.